The molecule has 4 rings (SSSR count). The highest BCUT2D eigenvalue weighted by atomic mass is 14.5. The van der Waals surface area contributed by atoms with E-state index < -0.39 is 0 Å². The summed E-state index contributed by atoms with van der Waals surface area (Å²) in [4.78, 5) is 0. The van der Waals surface area contributed by atoms with Crippen LogP contribution in [0.3, 0.4) is 0 Å². The highest BCUT2D eigenvalue weighted by Crippen LogP contribution is 2.34. The van der Waals surface area contributed by atoms with Crippen molar-refractivity contribution in [2.24, 2.45) is 0 Å². The third-order valence-corrected chi connectivity index (χ3v) is 13.0. The fraction of sp³-hybridized carbons (Fsp3) is 0.571. The number of hydrogen-bond donors (Lipinski definition) is 2. The molecule has 0 aromatic heterocycles. The second-order valence-corrected chi connectivity index (χ2v) is 18.0. The van der Waals surface area contributed by atoms with Crippen molar-refractivity contribution in [2.75, 3.05) is 11.5 Å². The molecule has 2 unspecified atom stereocenters. The van der Waals surface area contributed by atoms with E-state index in [-0.39, 0.29) is 0 Å². The maximum Gasteiger partial charge on any atom is 0.0316 e. The van der Waals surface area contributed by atoms with E-state index >= 15 is 0 Å². The van der Waals surface area contributed by atoms with Crippen molar-refractivity contribution < 1.29 is 0 Å². The molecule has 4 N–H and O–H groups in total. The predicted molar refractivity (Wildman–Crippen MR) is 257 cm³/mol. The van der Waals surface area contributed by atoms with E-state index in [1.54, 1.807) is 0 Å². The van der Waals surface area contributed by atoms with Gasteiger partial charge in [-0.3, -0.25) is 0 Å². The van der Waals surface area contributed by atoms with Gasteiger partial charge in [-0.1, -0.05) is 203 Å². The van der Waals surface area contributed by atoms with Crippen molar-refractivity contribution >= 4 is 11.4 Å². The number of nitrogen functional groups attached to an aromatic ring is 2. The molecule has 0 bridgehead atoms. The lowest BCUT2D eigenvalue weighted by atomic mass is 9.84. The number of aryl methyl sites for hydroxylation is 4. The van der Waals surface area contributed by atoms with Gasteiger partial charge >= 0.3 is 0 Å². The maximum absolute atomic E-state index is 6.06. The zero-order valence-electron chi connectivity index (χ0n) is 37.8. The van der Waals surface area contributed by atoms with Gasteiger partial charge in [-0.05, 0) is 121 Å². The summed E-state index contributed by atoms with van der Waals surface area (Å²) in [6.07, 6.45) is 35.2. The zero-order chi connectivity index (χ0) is 41.2. The van der Waals surface area contributed by atoms with Gasteiger partial charge in [0.05, 0.1) is 0 Å². The largest absolute Gasteiger partial charge is 0.399 e. The normalized spacial score (nSPS) is 12.6. The average Bonchev–Trinajstić information content (AvgIpc) is 3.22. The molecule has 2 atom stereocenters. The fourth-order valence-corrected chi connectivity index (χ4v) is 9.32. The number of hydrogen-bond acceptors (Lipinski definition) is 2. The monoisotopic (exact) mass is 785 g/mol. The minimum Gasteiger partial charge on any atom is -0.399 e. The van der Waals surface area contributed by atoms with Gasteiger partial charge in [0.15, 0.2) is 0 Å². The van der Waals surface area contributed by atoms with Crippen molar-refractivity contribution in [3.05, 3.63) is 129 Å². The number of unbranched alkanes of at least 4 members (excludes halogenated alkanes) is 19. The van der Waals surface area contributed by atoms with E-state index in [1.807, 2.05) is 0 Å². The summed E-state index contributed by atoms with van der Waals surface area (Å²) in [6, 6.07) is 32.0. The molecule has 0 aliphatic carbocycles. The summed E-state index contributed by atoms with van der Waals surface area (Å²) in [7, 11) is 0. The van der Waals surface area contributed by atoms with Crippen LogP contribution in [0.1, 0.15) is 224 Å². The van der Waals surface area contributed by atoms with E-state index in [2.05, 4.69) is 113 Å². The van der Waals surface area contributed by atoms with Gasteiger partial charge in [0.25, 0.3) is 0 Å². The first-order chi connectivity index (χ1) is 28.4. The van der Waals surface area contributed by atoms with Crippen LogP contribution in [-0.4, -0.2) is 0 Å². The summed E-state index contributed by atoms with van der Waals surface area (Å²) >= 11 is 0. The second-order valence-electron chi connectivity index (χ2n) is 18.0. The van der Waals surface area contributed by atoms with Gasteiger partial charge in [0, 0.05) is 23.2 Å². The molecule has 4 aromatic carbocycles. The molecule has 318 valence electrons. The maximum atomic E-state index is 6.06. The molecule has 0 saturated carbocycles. The Morgan fingerprint density at radius 2 is 0.655 bits per heavy atom. The van der Waals surface area contributed by atoms with Crippen LogP contribution in [0.5, 0.6) is 0 Å². The molecule has 0 aliphatic rings. The molecule has 2 nitrogen and oxygen atoms in total. The Labute approximate surface area is 357 Å². The lowest BCUT2D eigenvalue weighted by Gasteiger charge is -2.21. The van der Waals surface area contributed by atoms with Gasteiger partial charge in [0.2, 0.25) is 0 Å². The minimum absolute atomic E-state index is 0.466. The number of anilines is 2. The molecule has 0 heterocycles. The van der Waals surface area contributed by atoms with Gasteiger partial charge in [-0.25, -0.2) is 0 Å². The first kappa shape index (κ1) is 47.2. The lowest BCUT2D eigenvalue weighted by Crippen LogP contribution is -2.04. The van der Waals surface area contributed by atoms with Crippen molar-refractivity contribution in [1.82, 2.24) is 0 Å². The Balaban J connectivity index is 0.932. The molecule has 0 spiro atoms. The van der Waals surface area contributed by atoms with E-state index in [1.165, 1.54) is 211 Å². The van der Waals surface area contributed by atoms with Crippen LogP contribution in [0, 0.1) is 13.8 Å². The summed E-state index contributed by atoms with van der Waals surface area (Å²) < 4.78 is 0. The van der Waals surface area contributed by atoms with Gasteiger partial charge in [0.1, 0.15) is 0 Å². The molecular formula is C56H84N2. The smallest absolute Gasteiger partial charge is 0.0316 e. The van der Waals surface area contributed by atoms with Crippen molar-refractivity contribution in [2.45, 2.75) is 206 Å². The van der Waals surface area contributed by atoms with Gasteiger partial charge < -0.3 is 11.5 Å². The Bertz CT molecular complexity index is 1530. The Hall–Kier alpha value is -3.52. The Kier molecular flexibility index (Phi) is 22.8. The van der Waals surface area contributed by atoms with Crippen LogP contribution in [-0.2, 0) is 12.8 Å². The predicted octanol–water partition coefficient (Wildman–Crippen LogP) is 16.9. The summed E-state index contributed by atoms with van der Waals surface area (Å²) in [5, 5.41) is 0. The van der Waals surface area contributed by atoms with Gasteiger partial charge in [-0.15, -0.1) is 0 Å². The highest BCUT2D eigenvalue weighted by molar-refractivity contribution is 5.49. The van der Waals surface area contributed by atoms with Gasteiger partial charge in [-0.2, -0.15) is 0 Å². The van der Waals surface area contributed by atoms with Crippen molar-refractivity contribution in [1.29, 1.82) is 0 Å². The van der Waals surface area contributed by atoms with Crippen molar-refractivity contribution in [3.8, 4) is 0 Å². The molecule has 58 heavy (non-hydrogen) atoms. The minimum atomic E-state index is 0.466. The van der Waals surface area contributed by atoms with Crippen LogP contribution < -0.4 is 11.5 Å². The molecule has 0 fully saturated rings. The van der Waals surface area contributed by atoms with E-state index in [9.17, 15) is 0 Å². The molecule has 0 saturated heterocycles. The topological polar surface area (TPSA) is 52.0 Å². The van der Waals surface area contributed by atoms with Crippen LogP contribution in [0.4, 0.5) is 11.4 Å². The third-order valence-electron chi connectivity index (χ3n) is 13.0. The molecule has 0 amide bonds. The third kappa shape index (κ3) is 17.4. The first-order valence-electron chi connectivity index (χ1n) is 24.3. The number of nitrogens with two attached hydrogens (primary N) is 2. The second kappa shape index (κ2) is 28.0. The molecule has 2 heteroatoms. The molecule has 0 aliphatic heterocycles. The summed E-state index contributed by atoms with van der Waals surface area (Å²) in [5.41, 5.74) is 25.2. The van der Waals surface area contributed by atoms with Crippen LogP contribution in [0.25, 0.3) is 0 Å². The Morgan fingerprint density at radius 1 is 0.362 bits per heavy atom. The first-order valence-corrected chi connectivity index (χ1v) is 24.3. The molecular weight excluding hydrogens is 701 g/mol. The quantitative estimate of drug-likeness (QED) is 0.0394. The van der Waals surface area contributed by atoms with E-state index in [4.69, 9.17) is 11.5 Å². The van der Waals surface area contributed by atoms with Crippen LogP contribution in [0.15, 0.2) is 84.9 Å². The average molecular weight is 785 g/mol. The molecule has 4 aromatic rings. The number of benzene rings is 4. The lowest BCUT2D eigenvalue weighted by molar-refractivity contribution is 0.524. The summed E-state index contributed by atoms with van der Waals surface area (Å²) in [5.74, 6) is 0.933. The van der Waals surface area contributed by atoms with E-state index in [0.717, 1.165) is 11.4 Å². The SMILES string of the molecule is CCCCC(c1ccc(CCCCCCCCCCCCCCCCCCCCc2ccc(C(CCCC)c3ccc(N)cc3C)cc2)cc1)c1ccc(N)cc1C. The summed E-state index contributed by atoms with van der Waals surface area (Å²) in [6.45, 7) is 9.00. The standard InChI is InChI=1S/C56H84N2/c1-5-7-29-55(53-41-39-51(57)43-45(53)3)49-35-31-47(32-36-49)27-25-23-21-19-17-15-13-11-9-10-12-14-16-18-20-22-24-26-28-48-33-37-50(38-34-48)56(30-8-6-2)54-42-40-52(58)44-46(54)4/h31-44,55-56H,5-30,57-58H2,1-4H3. The zero-order valence-corrected chi connectivity index (χ0v) is 37.8. The van der Waals surface area contributed by atoms with Crippen molar-refractivity contribution in [3.63, 3.8) is 0 Å². The highest BCUT2D eigenvalue weighted by Gasteiger charge is 2.17. The molecule has 0 radical (unpaired) electrons. The van der Waals surface area contributed by atoms with E-state index in [0.29, 0.717) is 11.8 Å². The van der Waals surface area contributed by atoms with Crippen LogP contribution >= 0.6 is 0 Å². The number of rotatable bonds is 31. The fourth-order valence-electron chi connectivity index (χ4n) is 9.32. The van der Waals surface area contributed by atoms with Crippen LogP contribution in [0.2, 0.25) is 0 Å². The Morgan fingerprint density at radius 3 is 0.931 bits per heavy atom.